The van der Waals surface area contributed by atoms with E-state index in [1.165, 1.54) is 13.2 Å². The second-order valence-corrected chi connectivity index (χ2v) is 5.59. The Morgan fingerprint density at radius 1 is 1.24 bits per heavy atom. The molecule has 0 spiro atoms. The standard InChI is InChI=1S/C17H22F3N3O2/c1-4-23-8-7-14(22-23)12(2)21-10-13-5-6-15(16(9-13)24-3)25-11-17(18,19)20/h5-9,12,21H,4,10-11H2,1-3H3. The molecule has 2 rings (SSSR count). The van der Waals surface area contributed by atoms with Crippen LogP contribution in [0, 0.1) is 0 Å². The van der Waals surface area contributed by atoms with Gasteiger partial charge in [-0.05, 0) is 37.6 Å². The molecule has 1 aromatic carbocycles. The Labute approximate surface area is 144 Å². The summed E-state index contributed by atoms with van der Waals surface area (Å²) in [5, 5.41) is 7.77. The zero-order chi connectivity index (χ0) is 18.4. The minimum absolute atomic E-state index is 0.0416. The number of aromatic nitrogens is 2. The van der Waals surface area contributed by atoms with Crippen molar-refractivity contribution >= 4 is 0 Å². The summed E-state index contributed by atoms with van der Waals surface area (Å²) in [7, 11) is 1.40. The van der Waals surface area contributed by atoms with Gasteiger partial charge >= 0.3 is 6.18 Å². The lowest BCUT2D eigenvalue weighted by Gasteiger charge is -2.15. The zero-order valence-electron chi connectivity index (χ0n) is 14.4. The summed E-state index contributed by atoms with van der Waals surface area (Å²) in [6.07, 6.45) is -2.47. The molecule has 0 amide bonds. The fourth-order valence-electron chi connectivity index (χ4n) is 2.26. The summed E-state index contributed by atoms with van der Waals surface area (Å²) in [5.74, 6) is 0.338. The van der Waals surface area contributed by atoms with Crippen molar-refractivity contribution in [2.24, 2.45) is 0 Å². The lowest BCUT2D eigenvalue weighted by atomic mass is 10.1. The highest BCUT2D eigenvalue weighted by molar-refractivity contribution is 5.43. The molecule has 0 saturated heterocycles. The van der Waals surface area contributed by atoms with Gasteiger partial charge in [0, 0.05) is 25.3 Å². The van der Waals surface area contributed by atoms with E-state index in [1.807, 2.05) is 30.8 Å². The van der Waals surface area contributed by atoms with E-state index in [9.17, 15) is 13.2 Å². The molecule has 0 aliphatic heterocycles. The van der Waals surface area contributed by atoms with Gasteiger partial charge in [0.25, 0.3) is 0 Å². The van der Waals surface area contributed by atoms with Crippen LogP contribution in [0.25, 0.3) is 0 Å². The van der Waals surface area contributed by atoms with Crippen LogP contribution in [0.1, 0.15) is 31.1 Å². The first-order valence-corrected chi connectivity index (χ1v) is 7.95. The molecule has 0 fully saturated rings. The minimum Gasteiger partial charge on any atom is -0.493 e. The maximum Gasteiger partial charge on any atom is 0.422 e. The maximum atomic E-state index is 12.3. The quantitative estimate of drug-likeness (QED) is 0.783. The third kappa shape index (κ3) is 5.67. The molecule has 1 atom stereocenters. The number of ether oxygens (including phenoxy) is 2. The van der Waals surface area contributed by atoms with Crippen molar-refractivity contribution in [3.05, 3.63) is 41.7 Å². The minimum atomic E-state index is -4.39. The van der Waals surface area contributed by atoms with Gasteiger partial charge in [-0.2, -0.15) is 18.3 Å². The SMILES string of the molecule is CCn1ccc(C(C)NCc2ccc(OCC(F)(F)F)c(OC)c2)n1. The highest BCUT2D eigenvalue weighted by Crippen LogP contribution is 2.30. The largest absolute Gasteiger partial charge is 0.493 e. The lowest BCUT2D eigenvalue weighted by Crippen LogP contribution is -2.20. The van der Waals surface area contributed by atoms with Gasteiger partial charge in [-0.25, -0.2) is 0 Å². The summed E-state index contributed by atoms with van der Waals surface area (Å²) in [5.41, 5.74) is 1.80. The second-order valence-electron chi connectivity index (χ2n) is 5.59. The number of rotatable bonds is 8. The Balaban J connectivity index is 1.97. The van der Waals surface area contributed by atoms with E-state index in [-0.39, 0.29) is 17.5 Å². The molecular weight excluding hydrogens is 335 g/mol. The summed E-state index contributed by atoms with van der Waals surface area (Å²) < 4.78 is 48.6. The number of methoxy groups -OCH3 is 1. The predicted molar refractivity (Wildman–Crippen MR) is 87.7 cm³/mol. The number of benzene rings is 1. The van der Waals surface area contributed by atoms with Gasteiger partial charge in [-0.15, -0.1) is 0 Å². The highest BCUT2D eigenvalue weighted by Gasteiger charge is 2.29. The molecule has 1 unspecified atom stereocenters. The molecule has 0 aliphatic rings. The number of nitrogens with one attached hydrogen (secondary N) is 1. The molecule has 8 heteroatoms. The number of nitrogens with zero attached hydrogens (tertiary/aromatic N) is 2. The van der Waals surface area contributed by atoms with E-state index in [2.05, 4.69) is 10.4 Å². The van der Waals surface area contributed by atoms with Gasteiger partial charge in [0.05, 0.1) is 12.8 Å². The van der Waals surface area contributed by atoms with Crippen molar-refractivity contribution in [1.29, 1.82) is 0 Å². The molecule has 0 bridgehead atoms. The molecule has 1 aromatic heterocycles. The molecule has 0 radical (unpaired) electrons. The van der Waals surface area contributed by atoms with Gasteiger partial charge in [0.1, 0.15) is 0 Å². The number of hydrogen-bond donors (Lipinski definition) is 1. The molecule has 0 saturated carbocycles. The van der Waals surface area contributed by atoms with E-state index < -0.39 is 12.8 Å². The third-order valence-corrected chi connectivity index (χ3v) is 3.66. The molecule has 5 nitrogen and oxygen atoms in total. The Kier molecular flexibility index (Phi) is 6.30. The van der Waals surface area contributed by atoms with Crippen molar-refractivity contribution < 1.29 is 22.6 Å². The molecule has 1 N–H and O–H groups in total. The van der Waals surface area contributed by atoms with Crippen LogP contribution in [0.3, 0.4) is 0 Å². The van der Waals surface area contributed by atoms with E-state index in [1.54, 1.807) is 12.1 Å². The van der Waals surface area contributed by atoms with Crippen molar-refractivity contribution in [1.82, 2.24) is 15.1 Å². The number of alkyl halides is 3. The predicted octanol–water partition coefficient (Wildman–Crippen LogP) is 3.70. The van der Waals surface area contributed by atoms with Gasteiger partial charge < -0.3 is 14.8 Å². The van der Waals surface area contributed by atoms with Crippen LogP contribution in [0.2, 0.25) is 0 Å². The number of hydrogen-bond acceptors (Lipinski definition) is 4. The van der Waals surface area contributed by atoms with Crippen LogP contribution < -0.4 is 14.8 Å². The monoisotopic (exact) mass is 357 g/mol. The van der Waals surface area contributed by atoms with Crippen molar-refractivity contribution in [3.63, 3.8) is 0 Å². The first-order valence-electron chi connectivity index (χ1n) is 7.95. The molecule has 2 aromatic rings. The van der Waals surface area contributed by atoms with Crippen LogP contribution in [0.4, 0.5) is 13.2 Å². The summed E-state index contributed by atoms with van der Waals surface area (Å²) in [4.78, 5) is 0. The van der Waals surface area contributed by atoms with Crippen LogP contribution in [-0.4, -0.2) is 29.7 Å². The van der Waals surface area contributed by atoms with Gasteiger partial charge in [0.2, 0.25) is 0 Å². The molecular formula is C17H22F3N3O2. The normalized spacial score (nSPS) is 12.9. The molecule has 25 heavy (non-hydrogen) atoms. The van der Waals surface area contributed by atoms with Gasteiger partial charge in [-0.3, -0.25) is 4.68 Å². The Hall–Kier alpha value is -2.22. The highest BCUT2D eigenvalue weighted by atomic mass is 19.4. The van der Waals surface area contributed by atoms with Crippen molar-refractivity contribution in [2.45, 2.75) is 39.2 Å². The zero-order valence-corrected chi connectivity index (χ0v) is 14.4. The van der Waals surface area contributed by atoms with Crippen LogP contribution >= 0.6 is 0 Å². The summed E-state index contributed by atoms with van der Waals surface area (Å²) in [6, 6.07) is 6.85. The first-order chi connectivity index (χ1) is 11.8. The Bertz CT molecular complexity index is 686. The van der Waals surface area contributed by atoms with Crippen LogP contribution in [-0.2, 0) is 13.1 Å². The summed E-state index contributed by atoms with van der Waals surface area (Å²) >= 11 is 0. The summed E-state index contributed by atoms with van der Waals surface area (Å²) in [6.45, 7) is 4.00. The average molecular weight is 357 g/mol. The first kappa shape index (κ1) is 19.1. The number of aryl methyl sites for hydroxylation is 1. The average Bonchev–Trinajstić information content (AvgIpc) is 3.06. The lowest BCUT2D eigenvalue weighted by molar-refractivity contribution is -0.153. The maximum absolute atomic E-state index is 12.3. The van der Waals surface area contributed by atoms with Crippen LogP contribution in [0.15, 0.2) is 30.5 Å². The van der Waals surface area contributed by atoms with Crippen molar-refractivity contribution in [3.8, 4) is 11.5 Å². The van der Waals surface area contributed by atoms with Gasteiger partial charge in [0.15, 0.2) is 18.1 Å². The topological polar surface area (TPSA) is 48.3 Å². The van der Waals surface area contributed by atoms with E-state index in [4.69, 9.17) is 9.47 Å². The van der Waals surface area contributed by atoms with E-state index in [0.29, 0.717) is 6.54 Å². The second kappa shape index (κ2) is 8.24. The molecule has 1 heterocycles. The van der Waals surface area contributed by atoms with E-state index in [0.717, 1.165) is 17.8 Å². The Morgan fingerprint density at radius 3 is 2.60 bits per heavy atom. The molecule has 138 valence electrons. The van der Waals surface area contributed by atoms with Crippen molar-refractivity contribution in [2.75, 3.05) is 13.7 Å². The smallest absolute Gasteiger partial charge is 0.422 e. The third-order valence-electron chi connectivity index (χ3n) is 3.66. The molecule has 0 aliphatic carbocycles. The Morgan fingerprint density at radius 2 is 2.00 bits per heavy atom. The fourth-order valence-corrected chi connectivity index (χ4v) is 2.26. The van der Waals surface area contributed by atoms with E-state index >= 15 is 0 Å². The fraction of sp³-hybridized carbons (Fsp3) is 0.471. The van der Waals surface area contributed by atoms with Crippen LogP contribution in [0.5, 0.6) is 11.5 Å². The number of halogens is 3. The van der Waals surface area contributed by atoms with Gasteiger partial charge in [-0.1, -0.05) is 6.07 Å².